The third-order valence-corrected chi connectivity index (χ3v) is 10.8. The third-order valence-electron chi connectivity index (χ3n) is 10.8. The molecular formula is C27H32O5. The highest BCUT2D eigenvalue weighted by Gasteiger charge is 2.83. The van der Waals surface area contributed by atoms with Crippen molar-refractivity contribution in [1.29, 1.82) is 0 Å². The number of rotatable bonds is 1. The summed E-state index contributed by atoms with van der Waals surface area (Å²) in [5, 5.41) is 0. The number of carbonyl (C=O) groups is 2. The number of fused-ring (bicyclic) bond motifs is 4. The van der Waals surface area contributed by atoms with E-state index in [2.05, 4.69) is 26.0 Å². The van der Waals surface area contributed by atoms with Gasteiger partial charge in [-0.25, -0.2) is 0 Å². The topological polar surface area (TPSA) is 69.0 Å². The Morgan fingerprint density at radius 1 is 1.06 bits per heavy atom. The second-order valence-corrected chi connectivity index (χ2v) is 11.9. The van der Waals surface area contributed by atoms with Gasteiger partial charge in [-0.3, -0.25) is 9.59 Å². The number of ether oxygens (including phenoxy) is 2. The molecule has 5 heteroatoms. The van der Waals surface area contributed by atoms with Crippen LogP contribution in [0.15, 0.2) is 28.2 Å². The van der Waals surface area contributed by atoms with Crippen LogP contribution in [0.25, 0.3) is 0 Å². The van der Waals surface area contributed by atoms with Gasteiger partial charge in [0.25, 0.3) is 0 Å². The molecule has 1 aromatic rings. The third kappa shape index (κ3) is 2.06. The zero-order chi connectivity index (χ0) is 22.1. The average Bonchev–Trinajstić information content (AvgIpc) is 3.00. The summed E-state index contributed by atoms with van der Waals surface area (Å²) in [5.41, 5.74) is 0.515. The summed E-state index contributed by atoms with van der Waals surface area (Å²) in [6, 6.07) is 4.18. The number of hydrogen-bond acceptors (Lipinski definition) is 5. The van der Waals surface area contributed by atoms with Crippen molar-refractivity contribution in [3.8, 4) is 0 Å². The lowest BCUT2D eigenvalue weighted by atomic mass is 9.43. The highest BCUT2D eigenvalue weighted by Crippen LogP contribution is 2.79. The minimum Gasteiger partial charge on any atom is -0.466 e. The molecule has 4 aliphatic carbocycles. The largest absolute Gasteiger partial charge is 0.466 e. The molecule has 2 aliphatic heterocycles. The SMILES string of the molecule is Cc1ccc([C@@H]2CC3=CC(=O)CC[C@]3(C)[C@@]34O[C@@H]3C[C@@]3(C)[C@@H](CC[C@@]35CCC(=O)O5)[C@H]24)o1. The second kappa shape index (κ2) is 5.78. The van der Waals surface area contributed by atoms with Crippen LogP contribution in [-0.4, -0.2) is 29.1 Å². The van der Waals surface area contributed by atoms with Crippen molar-refractivity contribution in [1.82, 2.24) is 0 Å². The van der Waals surface area contributed by atoms with Crippen molar-refractivity contribution >= 4 is 11.8 Å². The van der Waals surface area contributed by atoms with E-state index in [1.807, 2.05) is 13.0 Å². The summed E-state index contributed by atoms with van der Waals surface area (Å²) in [6.07, 6.45) is 8.78. The summed E-state index contributed by atoms with van der Waals surface area (Å²) in [5.74, 6) is 3.08. The second-order valence-electron chi connectivity index (χ2n) is 11.9. The number of ketones is 1. The van der Waals surface area contributed by atoms with E-state index in [1.54, 1.807) is 0 Å². The Hall–Kier alpha value is -1.88. The van der Waals surface area contributed by atoms with Crippen molar-refractivity contribution in [3.63, 3.8) is 0 Å². The first-order chi connectivity index (χ1) is 15.2. The molecule has 0 unspecified atom stereocenters. The maximum atomic E-state index is 12.4. The van der Waals surface area contributed by atoms with Crippen LogP contribution in [0.3, 0.4) is 0 Å². The highest BCUT2D eigenvalue weighted by atomic mass is 16.6. The zero-order valence-corrected chi connectivity index (χ0v) is 19.2. The summed E-state index contributed by atoms with van der Waals surface area (Å²) in [6.45, 7) is 6.72. The first kappa shape index (κ1) is 19.6. The maximum Gasteiger partial charge on any atom is 0.306 e. The van der Waals surface area contributed by atoms with Crippen LogP contribution in [0.5, 0.6) is 0 Å². The monoisotopic (exact) mass is 436 g/mol. The first-order valence-electron chi connectivity index (χ1n) is 12.4. The highest BCUT2D eigenvalue weighted by molar-refractivity contribution is 5.92. The molecule has 32 heavy (non-hydrogen) atoms. The molecule has 3 heterocycles. The molecule has 2 spiro atoms. The van der Waals surface area contributed by atoms with Gasteiger partial charge in [0.05, 0.1) is 6.10 Å². The van der Waals surface area contributed by atoms with Crippen molar-refractivity contribution in [2.24, 2.45) is 22.7 Å². The number of hydrogen-bond donors (Lipinski definition) is 0. The molecule has 5 nitrogen and oxygen atoms in total. The molecule has 5 fully saturated rings. The molecule has 0 amide bonds. The van der Waals surface area contributed by atoms with Gasteiger partial charge in [0, 0.05) is 35.5 Å². The minimum absolute atomic E-state index is 0.0368. The molecule has 6 aliphatic rings. The number of carbonyl (C=O) groups excluding carboxylic acids is 2. The van der Waals surface area contributed by atoms with E-state index >= 15 is 0 Å². The van der Waals surface area contributed by atoms with Crippen LogP contribution in [0.2, 0.25) is 0 Å². The fraction of sp³-hybridized carbons (Fsp3) is 0.704. The van der Waals surface area contributed by atoms with Gasteiger partial charge in [0.2, 0.25) is 0 Å². The van der Waals surface area contributed by atoms with Crippen molar-refractivity contribution < 1.29 is 23.5 Å². The van der Waals surface area contributed by atoms with Crippen LogP contribution in [-0.2, 0) is 19.1 Å². The molecule has 0 radical (unpaired) electrons. The summed E-state index contributed by atoms with van der Waals surface area (Å²) in [4.78, 5) is 24.7. The molecule has 0 bridgehead atoms. The van der Waals surface area contributed by atoms with Crippen LogP contribution in [0.1, 0.15) is 82.7 Å². The van der Waals surface area contributed by atoms with E-state index in [0.29, 0.717) is 24.7 Å². The Morgan fingerprint density at radius 3 is 2.62 bits per heavy atom. The Kier molecular flexibility index (Phi) is 3.54. The van der Waals surface area contributed by atoms with Gasteiger partial charge in [-0.1, -0.05) is 19.4 Å². The molecule has 8 atom stereocenters. The van der Waals surface area contributed by atoms with Crippen LogP contribution in [0.4, 0.5) is 0 Å². The Bertz CT molecular complexity index is 1080. The van der Waals surface area contributed by atoms with Crippen LogP contribution >= 0.6 is 0 Å². The van der Waals surface area contributed by atoms with Gasteiger partial charge >= 0.3 is 5.97 Å². The van der Waals surface area contributed by atoms with Gasteiger partial charge in [-0.2, -0.15) is 0 Å². The van der Waals surface area contributed by atoms with Crippen molar-refractivity contribution in [2.45, 2.75) is 95.4 Å². The minimum atomic E-state index is -0.337. The molecule has 170 valence electrons. The predicted octanol–water partition coefficient (Wildman–Crippen LogP) is 5.02. The van der Waals surface area contributed by atoms with E-state index in [-0.39, 0.29) is 45.8 Å². The summed E-state index contributed by atoms with van der Waals surface area (Å²) in [7, 11) is 0. The van der Waals surface area contributed by atoms with E-state index in [4.69, 9.17) is 13.9 Å². The lowest BCUT2D eigenvalue weighted by Gasteiger charge is -2.58. The maximum absolute atomic E-state index is 12.4. The molecule has 0 N–H and O–H groups in total. The fourth-order valence-corrected chi connectivity index (χ4v) is 9.23. The molecule has 7 rings (SSSR count). The standard InChI is InChI=1S/C27H32O5/c1-15-4-5-20(30-15)18-13-16-12-17(28)6-9-24(16,2)27-21(31-27)14-25(3)19(23(18)27)7-10-26(25)11-8-22(29)32-26/h4-5,12,18-19,21,23H,6-11,13-14H2,1-3H3/t18-,19-,21+,23-,24-,25-,26+,27+/m0/s1. The van der Waals surface area contributed by atoms with Crippen molar-refractivity contribution in [3.05, 3.63) is 35.3 Å². The van der Waals surface area contributed by atoms with Crippen LogP contribution in [0, 0.1) is 29.6 Å². The average molecular weight is 437 g/mol. The zero-order valence-electron chi connectivity index (χ0n) is 19.2. The lowest BCUT2D eigenvalue weighted by molar-refractivity contribution is -0.165. The van der Waals surface area contributed by atoms with E-state index in [9.17, 15) is 9.59 Å². The van der Waals surface area contributed by atoms with Gasteiger partial charge in [0.15, 0.2) is 5.78 Å². The van der Waals surface area contributed by atoms with Gasteiger partial charge in [0.1, 0.15) is 22.7 Å². The van der Waals surface area contributed by atoms with Crippen LogP contribution < -0.4 is 0 Å². The summed E-state index contributed by atoms with van der Waals surface area (Å²) >= 11 is 0. The number of furan rings is 1. The lowest BCUT2D eigenvalue weighted by Crippen LogP contribution is -2.61. The Balaban J connectivity index is 1.40. The summed E-state index contributed by atoms with van der Waals surface area (Å²) < 4.78 is 19.2. The van der Waals surface area contributed by atoms with E-state index in [1.165, 1.54) is 5.57 Å². The van der Waals surface area contributed by atoms with Gasteiger partial charge in [-0.15, -0.1) is 0 Å². The molecule has 3 saturated carbocycles. The quantitative estimate of drug-likeness (QED) is 0.457. The molecule has 2 saturated heterocycles. The number of esters is 1. The van der Waals surface area contributed by atoms with E-state index in [0.717, 1.165) is 50.0 Å². The Labute approximate surface area is 188 Å². The molecule has 0 aromatic carbocycles. The van der Waals surface area contributed by atoms with Gasteiger partial charge < -0.3 is 13.9 Å². The molecule has 1 aromatic heterocycles. The number of epoxide rings is 1. The van der Waals surface area contributed by atoms with Crippen molar-refractivity contribution in [2.75, 3.05) is 0 Å². The van der Waals surface area contributed by atoms with Gasteiger partial charge in [-0.05, 0) is 69.6 Å². The predicted molar refractivity (Wildman–Crippen MR) is 116 cm³/mol. The number of aryl methyl sites for hydroxylation is 1. The fourth-order valence-electron chi connectivity index (χ4n) is 9.23. The normalized spacial score (nSPS) is 50.9. The Morgan fingerprint density at radius 2 is 1.91 bits per heavy atom. The molecular weight excluding hydrogens is 404 g/mol. The smallest absolute Gasteiger partial charge is 0.306 e. The van der Waals surface area contributed by atoms with E-state index < -0.39 is 0 Å². The first-order valence-corrected chi connectivity index (χ1v) is 12.4.